The van der Waals surface area contributed by atoms with Gasteiger partial charge in [-0.05, 0) is 99.0 Å². The topological polar surface area (TPSA) is 59.4 Å². The van der Waals surface area contributed by atoms with Gasteiger partial charge in [-0.3, -0.25) is 9.59 Å². The minimum atomic E-state index is -0.559. The molecule has 0 aliphatic rings. The van der Waals surface area contributed by atoms with Gasteiger partial charge in [0.2, 0.25) is 0 Å². The molecule has 0 aliphatic carbocycles. The lowest BCUT2D eigenvalue weighted by Crippen LogP contribution is -2.31. The molecule has 2 atom stereocenters. The Hall–Kier alpha value is -3.31. The van der Waals surface area contributed by atoms with Crippen molar-refractivity contribution in [2.45, 2.75) is 72.3 Å². The third kappa shape index (κ3) is 8.34. The Balaban J connectivity index is 1.94. The van der Waals surface area contributed by atoms with Crippen LogP contribution < -0.4 is 5.56 Å². The Morgan fingerprint density at radius 2 is 1.59 bits per heavy atom. The van der Waals surface area contributed by atoms with E-state index in [0.29, 0.717) is 6.42 Å². The number of hydrogen-bond donors (Lipinski definition) is 0. The molecule has 0 amide bonds. The molecule has 2 aromatic carbocycles. The first-order valence-corrected chi connectivity index (χ1v) is 14.0. The predicted molar refractivity (Wildman–Crippen MR) is 160 cm³/mol. The highest BCUT2D eigenvalue weighted by atomic mass is 16.1. The molecule has 0 saturated carbocycles. The second-order valence-corrected chi connectivity index (χ2v) is 11.6. The van der Waals surface area contributed by atoms with Gasteiger partial charge in [-0.25, -0.2) is 0 Å². The number of aryl methyl sites for hydroxylation is 2. The zero-order chi connectivity index (χ0) is 28.7. The van der Waals surface area contributed by atoms with Crippen LogP contribution in [0, 0.1) is 19.8 Å². The molecule has 1 heterocycles. The number of ketones is 2. The van der Waals surface area contributed by atoms with E-state index in [-0.39, 0.29) is 41.8 Å². The highest BCUT2D eigenvalue weighted by Gasteiger charge is 2.27. The molecule has 5 nitrogen and oxygen atoms in total. The molecular weight excluding hydrogens is 484 g/mol. The monoisotopic (exact) mass is 528 g/mol. The molecule has 0 fully saturated rings. The van der Waals surface area contributed by atoms with Crippen molar-refractivity contribution in [3.8, 4) is 11.1 Å². The van der Waals surface area contributed by atoms with E-state index in [1.165, 1.54) is 16.7 Å². The molecule has 0 radical (unpaired) electrons. The van der Waals surface area contributed by atoms with Gasteiger partial charge in [0.15, 0.2) is 5.78 Å². The number of rotatable bonds is 13. The maximum absolute atomic E-state index is 13.9. The summed E-state index contributed by atoms with van der Waals surface area (Å²) >= 11 is 0. The van der Waals surface area contributed by atoms with E-state index in [1.807, 2.05) is 32.3 Å². The average molecular weight is 529 g/mol. The van der Waals surface area contributed by atoms with Crippen LogP contribution >= 0.6 is 0 Å². The van der Waals surface area contributed by atoms with E-state index in [1.54, 1.807) is 23.8 Å². The molecule has 0 N–H and O–H groups in total. The van der Waals surface area contributed by atoms with E-state index in [0.717, 1.165) is 29.7 Å². The Labute approximate surface area is 233 Å². The molecular formula is C34H44N2O3. The van der Waals surface area contributed by atoms with Crippen molar-refractivity contribution >= 4 is 11.6 Å². The van der Waals surface area contributed by atoms with Gasteiger partial charge in [0, 0.05) is 31.6 Å². The van der Waals surface area contributed by atoms with Crippen molar-refractivity contribution in [3.63, 3.8) is 0 Å². The van der Waals surface area contributed by atoms with Gasteiger partial charge in [-0.1, -0.05) is 56.3 Å². The van der Waals surface area contributed by atoms with Gasteiger partial charge in [0.1, 0.15) is 5.78 Å². The average Bonchev–Trinajstić information content (AvgIpc) is 2.85. The molecule has 3 aromatic rings. The first-order valence-electron chi connectivity index (χ1n) is 14.0. The number of nitrogens with zero attached hydrogens (tertiary/aromatic N) is 2. The van der Waals surface area contributed by atoms with Crippen LogP contribution in [0.25, 0.3) is 11.1 Å². The molecule has 1 aromatic heterocycles. The van der Waals surface area contributed by atoms with Crippen LogP contribution in [0.2, 0.25) is 0 Å². The van der Waals surface area contributed by atoms with Crippen LogP contribution in [-0.2, 0) is 16.0 Å². The largest absolute Gasteiger partial charge is 0.309 e. The van der Waals surface area contributed by atoms with E-state index in [9.17, 15) is 14.4 Å². The Morgan fingerprint density at radius 3 is 2.18 bits per heavy atom. The van der Waals surface area contributed by atoms with Crippen molar-refractivity contribution in [3.05, 3.63) is 93.4 Å². The van der Waals surface area contributed by atoms with E-state index in [2.05, 4.69) is 62.9 Å². The number of carbonyl (C=O) groups excluding carboxylic acids is 2. The van der Waals surface area contributed by atoms with E-state index in [4.69, 9.17) is 0 Å². The highest BCUT2D eigenvalue weighted by molar-refractivity contribution is 5.85. The predicted octanol–water partition coefficient (Wildman–Crippen LogP) is 6.55. The smallest absolute Gasteiger partial charge is 0.251 e. The van der Waals surface area contributed by atoms with Crippen molar-refractivity contribution in [2.75, 3.05) is 20.6 Å². The minimum absolute atomic E-state index is 0.00410. The Morgan fingerprint density at radius 1 is 0.923 bits per heavy atom. The number of aromatic nitrogens is 1. The van der Waals surface area contributed by atoms with Crippen LogP contribution in [0.5, 0.6) is 0 Å². The number of Topliss-reactive ketones (excluding diaryl/α,β-unsaturated/α-hetero) is 2. The first-order chi connectivity index (χ1) is 18.5. The quantitative estimate of drug-likeness (QED) is 0.253. The summed E-state index contributed by atoms with van der Waals surface area (Å²) in [6.07, 6.45) is 3.63. The molecule has 0 bridgehead atoms. The minimum Gasteiger partial charge on any atom is -0.309 e. The summed E-state index contributed by atoms with van der Waals surface area (Å²) in [4.78, 5) is 41.4. The summed E-state index contributed by atoms with van der Waals surface area (Å²) < 4.78 is 1.60. The molecule has 39 heavy (non-hydrogen) atoms. The van der Waals surface area contributed by atoms with Crippen LogP contribution in [0.15, 0.2) is 65.6 Å². The first kappa shape index (κ1) is 30.2. The molecule has 3 rings (SSSR count). The third-order valence-electron chi connectivity index (χ3n) is 7.37. The summed E-state index contributed by atoms with van der Waals surface area (Å²) in [5.74, 6) is 0.0329. The number of likely N-dealkylation sites (N-methyl/N-ethyl adjacent to an activating group) is 1. The highest BCUT2D eigenvalue weighted by Crippen LogP contribution is 2.33. The van der Waals surface area contributed by atoms with Crippen molar-refractivity contribution < 1.29 is 9.59 Å². The second-order valence-electron chi connectivity index (χ2n) is 11.6. The number of pyridine rings is 1. The summed E-state index contributed by atoms with van der Waals surface area (Å²) in [5.41, 5.74) is 6.46. The zero-order valence-electron chi connectivity index (χ0n) is 24.7. The van der Waals surface area contributed by atoms with Crippen molar-refractivity contribution in [2.24, 2.45) is 5.92 Å². The van der Waals surface area contributed by atoms with Gasteiger partial charge < -0.3 is 14.3 Å². The maximum atomic E-state index is 13.9. The fraction of sp³-hybridized carbons (Fsp3) is 0.441. The molecule has 0 spiro atoms. The Bertz CT molecular complexity index is 1330. The molecule has 0 aliphatic heterocycles. The van der Waals surface area contributed by atoms with Gasteiger partial charge in [0.05, 0.1) is 6.04 Å². The van der Waals surface area contributed by atoms with Crippen LogP contribution in [-0.4, -0.2) is 41.7 Å². The summed E-state index contributed by atoms with van der Waals surface area (Å²) in [6.45, 7) is 10.8. The van der Waals surface area contributed by atoms with Gasteiger partial charge in [-0.2, -0.15) is 0 Å². The number of carbonyl (C=O) groups is 2. The van der Waals surface area contributed by atoms with Crippen LogP contribution in [0.3, 0.4) is 0 Å². The van der Waals surface area contributed by atoms with Crippen molar-refractivity contribution in [1.82, 2.24) is 9.47 Å². The van der Waals surface area contributed by atoms with E-state index < -0.39 is 6.04 Å². The Kier molecular flexibility index (Phi) is 10.6. The van der Waals surface area contributed by atoms with Gasteiger partial charge >= 0.3 is 0 Å². The normalized spacial score (nSPS) is 13.1. The maximum Gasteiger partial charge on any atom is 0.251 e. The van der Waals surface area contributed by atoms with Gasteiger partial charge in [0.25, 0.3) is 5.56 Å². The summed E-state index contributed by atoms with van der Waals surface area (Å²) in [7, 11) is 4.02. The molecule has 5 heteroatoms. The van der Waals surface area contributed by atoms with Crippen LogP contribution in [0.1, 0.15) is 74.2 Å². The summed E-state index contributed by atoms with van der Waals surface area (Å²) in [6, 6.07) is 17.5. The fourth-order valence-electron chi connectivity index (χ4n) is 5.39. The summed E-state index contributed by atoms with van der Waals surface area (Å²) in [5, 5.41) is 0. The molecule has 0 unspecified atom stereocenters. The lowest BCUT2D eigenvalue weighted by molar-refractivity contribution is -0.123. The van der Waals surface area contributed by atoms with Crippen molar-refractivity contribution in [1.29, 1.82) is 0 Å². The lowest BCUT2D eigenvalue weighted by Gasteiger charge is -2.24. The third-order valence-corrected chi connectivity index (χ3v) is 7.37. The van der Waals surface area contributed by atoms with Crippen LogP contribution in [0.4, 0.5) is 0 Å². The number of hydrogen-bond acceptors (Lipinski definition) is 4. The zero-order valence-corrected chi connectivity index (χ0v) is 24.7. The van der Waals surface area contributed by atoms with E-state index >= 15 is 0 Å². The second kappa shape index (κ2) is 13.7. The standard InChI is InChI=1S/C34H44N2O3/c1-23(2)18-31(36-17-15-27(20-33(36)39)14-16-35(6)7)32(38)22-30(19-26(5)37)28-12-9-13-29(21-28)34-24(3)10-8-11-25(34)4/h8-13,15,17,20-21,23,30-31H,14,16,18-19,22H2,1-7H3/t30-,31+/m1/s1. The molecule has 208 valence electrons. The lowest BCUT2D eigenvalue weighted by atomic mass is 9.84. The molecule has 0 saturated heterocycles. The fourth-order valence-corrected chi connectivity index (χ4v) is 5.39. The van der Waals surface area contributed by atoms with Gasteiger partial charge in [-0.15, -0.1) is 0 Å². The SMILES string of the molecule is CC(=O)C[C@H](CC(=O)[C@H](CC(C)C)n1ccc(CCN(C)C)cc1=O)c1cccc(-c2c(C)cccc2C)c1. The number of benzene rings is 2.